The predicted molar refractivity (Wildman–Crippen MR) is 117 cm³/mol. The lowest BCUT2D eigenvalue weighted by molar-refractivity contribution is 0.0968. The molecule has 142 valence electrons. The second kappa shape index (κ2) is 6.74. The molecule has 0 amide bonds. The van der Waals surface area contributed by atoms with Crippen molar-refractivity contribution in [3.05, 3.63) is 104 Å². The number of hydrogen-bond acceptors (Lipinski definition) is 1. The summed E-state index contributed by atoms with van der Waals surface area (Å²) in [6.45, 7) is 12.8. The van der Waals surface area contributed by atoms with Crippen molar-refractivity contribution in [1.82, 2.24) is 0 Å². The minimum atomic E-state index is -0.156. The van der Waals surface area contributed by atoms with E-state index in [4.69, 9.17) is 0 Å². The summed E-state index contributed by atoms with van der Waals surface area (Å²) in [6.07, 6.45) is 0. The number of aryl methyl sites for hydroxylation is 6. The molecule has 0 bridgehead atoms. The van der Waals surface area contributed by atoms with E-state index >= 15 is 0 Å². The minimum absolute atomic E-state index is 0.0728. The second-order valence-corrected chi connectivity index (χ2v) is 8.63. The summed E-state index contributed by atoms with van der Waals surface area (Å²) in [5.74, 6) is 0.176. The molecule has 0 aliphatic heterocycles. The molecule has 28 heavy (non-hydrogen) atoms. The molecule has 0 spiro atoms. The van der Waals surface area contributed by atoms with E-state index in [0.29, 0.717) is 0 Å². The highest BCUT2D eigenvalue weighted by atomic mass is 16.1. The van der Waals surface area contributed by atoms with E-state index < -0.39 is 0 Å². The van der Waals surface area contributed by atoms with Gasteiger partial charge in [0.2, 0.25) is 0 Å². The average Bonchev–Trinajstić information content (AvgIpc) is 2.89. The summed E-state index contributed by atoms with van der Waals surface area (Å²) < 4.78 is 0. The van der Waals surface area contributed by atoms with Crippen LogP contribution in [0.3, 0.4) is 0 Å². The topological polar surface area (TPSA) is 17.1 Å². The molecule has 1 nitrogen and oxygen atoms in total. The van der Waals surface area contributed by atoms with Gasteiger partial charge in [0.15, 0.2) is 5.78 Å². The largest absolute Gasteiger partial charge is 0.293 e. The first-order valence-corrected chi connectivity index (χ1v) is 10.1. The third kappa shape index (κ3) is 2.99. The maximum atomic E-state index is 13.7. The first kappa shape index (κ1) is 18.7. The molecule has 0 aromatic heterocycles. The van der Waals surface area contributed by atoms with E-state index in [-0.39, 0.29) is 17.6 Å². The summed E-state index contributed by atoms with van der Waals surface area (Å²) in [5.41, 5.74) is 11.9. The molecule has 1 aliphatic rings. The summed E-state index contributed by atoms with van der Waals surface area (Å²) in [5, 5.41) is 0. The van der Waals surface area contributed by atoms with Crippen molar-refractivity contribution < 1.29 is 4.79 Å². The lowest BCUT2D eigenvalue weighted by Crippen LogP contribution is -2.14. The number of carbonyl (C=O) groups excluding carboxylic acids is 1. The Bertz CT molecular complexity index is 1080. The number of hydrogen-bond donors (Lipinski definition) is 0. The van der Waals surface area contributed by atoms with Crippen LogP contribution in [-0.2, 0) is 0 Å². The van der Waals surface area contributed by atoms with Gasteiger partial charge in [-0.2, -0.15) is 0 Å². The molecule has 0 fully saturated rings. The first-order chi connectivity index (χ1) is 13.3. The van der Waals surface area contributed by atoms with Crippen molar-refractivity contribution in [3.63, 3.8) is 0 Å². The quantitative estimate of drug-likeness (QED) is 0.495. The Kier molecular flexibility index (Phi) is 4.50. The van der Waals surface area contributed by atoms with Crippen LogP contribution in [0.15, 0.2) is 48.5 Å². The molecule has 4 rings (SSSR count). The van der Waals surface area contributed by atoms with Crippen molar-refractivity contribution in [2.24, 2.45) is 0 Å². The fraction of sp³-hybridized carbons (Fsp3) is 0.296. The molecular weight excluding hydrogens is 340 g/mol. The molecule has 0 saturated heterocycles. The third-order valence-electron chi connectivity index (χ3n) is 6.22. The van der Waals surface area contributed by atoms with Crippen LogP contribution in [0, 0.1) is 41.5 Å². The molecule has 0 unspecified atom stereocenters. The summed E-state index contributed by atoms with van der Waals surface area (Å²) in [6, 6.07) is 17.5. The van der Waals surface area contributed by atoms with Gasteiger partial charge in [0, 0.05) is 11.5 Å². The Labute approximate surface area is 168 Å². The first-order valence-electron chi connectivity index (χ1n) is 10.1. The number of fused-ring (bicyclic) bond motifs is 1. The lowest BCUT2D eigenvalue weighted by atomic mass is 9.79. The predicted octanol–water partition coefficient (Wildman–Crippen LogP) is 6.65. The molecule has 0 heterocycles. The maximum Gasteiger partial charge on any atom is 0.171 e. The van der Waals surface area contributed by atoms with E-state index in [1.165, 1.54) is 38.9 Å². The monoisotopic (exact) mass is 368 g/mol. The standard InChI is InChI=1S/C27H28O/c1-15-9-16(2)12-22(11-15)26-25(21-8-7-18(4)19(5)14-21)24-20(6)10-17(3)13-23(24)27(26)28/h7-14,25-26H,1-6H3/t25-,26+/m1/s1. The fourth-order valence-corrected chi connectivity index (χ4v) is 4.93. The highest BCUT2D eigenvalue weighted by Crippen LogP contribution is 2.49. The van der Waals surface area contributed by atoms with Gasteiger partial charge < -0.3 is 0 Å². The van der Waals surface area contributed by atoms with Crippen molar-refractivity contribution in [3.8, 4) is 0 Å². The van der Waals surface area contributed by atoms with E-state index in [2.05, 4.69) is 90.1 Å². The van der Waals surface area contributed by atoms with Gasteiger partial charge in [-0.15, -0.1) is 0 Å². The van der Waals surface area contributed by atoms with Crippen molar-refractivity contribution >= 4 is 5.78 Å². The molecule has 2 atom stereocenters. The van der Waals surface area contributed by atoms with Crippen LogP contribution >= 0.6 is 0 Å². The Balaban J connectivity index is 1.99. The van der Waals surface area contributed by atoms with Crippen molar-refractivity contribution in [1.29, 1.82) is 0 Å². The maximum absolute atomic E-state index is 13.7. The van der Waals surface area contributed by atoms with Gasteiger partial charge in [-0.05, 0) is 81.0 Å². The van der Waals surface area contributed by atoms with Crippen LogP contribution in [-0.4, -0.2) is 5.78 Å². The summed E-state index contributed by atoms with van der Waals surface area (Å²) >= 11 is 0. The van der Waals surface area contributed by atoms with Gasteiger partial charge >= 0.3 is 0 Å². The van der Waals surface area contributed by atoms with E-state index in [9.17, 15) is 4.79 Å². The van der Waals surface area contributed by atoms with Crippen LogP contribution < -0.4 is 0 Å². The average molecular weight is 369 g/mol. The third-order valence-corrected chi connectivity index (χ3v) is 6.22. The number of ketones is 1. The molecule has 3 aromatic carbocycles. The van der Waals surface area contributed by atoms with Crippen molar-refractivity contribution in [2.75, 3.05) is 0 Å². The molecule has 1 heteroatoms. The van der Waals surface area contributed by atoms with Crippen LogP contribution in [0.1, 0.15) is 72.3 Å². The SMILES string of the molecule is Cc1cc(C)cc([C@@H]2C(=O)c3cc(C)cc(C)c3[C@H]2c2ccc(C)c(C)c2)c1. The Morgan fingerprint density at radius 2 is 1.21 bits per heavy atom. The van der Waals surface area contributed by atoms with Crippen LogP contribution in [0.5, 0.6) is 0 Å². The van der Waals surface area contributed by atoms with Gasteiger partial charge in [-0.25, -0.2) is 0 Å². The zero-order valence-electron chi connectivity index (χ0n) is 17.7. The molecule has 0 N–H and O–H groups in total. The number of rotatable bonds is 2. The van der Waals surface area contributed by atoms with Gasteiger partial charge in [-0.3, -0.25) is 4.79 Å². The van der Waals surface area contributed by atoms with Gasteiger partial charge in [0.1, 0.15) is 0 Å². The van der Waals surface area contributed by atoms with E-state index in [0.717, 1.165) is 16.7 Å². The number of benzene rings is 3. The fourth-order valence-electron chi connectivity index (χ4n) is 4.93. The number of Topliss-reactive ketones (excluding diaryl/α,β-unsaturated/α-hetero) is 1. The number of carbonyl (C=O) groups is 1. The van der Waals surface area contributed by atoms with Crippen LogP contribution in [0.4, 0.5) is 0 Å². The van der Waals surface area contributed by atoms with E-state index in [1.54, 1.807) is 0 Å². The summed E-state index contributed by atoms with van der Waals surface area (Å²) in [7, 11) is 0. The highest BCUT2D eigenvalue weighted by molar-refractivity contribution is 6.07. The minimum Gasteiger partial charge on any atom is -0.293 e. The van der Waals surface area contributed by atoms with Crippen LogP contribution in [0.2, 0.25) is 0 Å². The molecule has 1 aliphatic carbocycles. The molecule has 3 aromatic rings. The normalized spacial score (nSPS) is 18.4. The Morgan fingerprint density at radius 1 is 0.571 bits per heavy atom. The van der Waals surface area contributed by atoms with Crippen molar-refractivity contribution in [2.45, 2.75) is 53.4 Å². The van der Waals surface area contributed by atoms with E-state index in [1.807, 2.05) is 0 Å². The second-order valence-electron chi connectivity index (χ2n) is 8.63. The Hall–Kier alpha value is -2.67. The van der Waals surface area contributed by atoms with Gasteiger partial charge in [0.05, 0.1) is 5.92 Å². The van der Waals surface area contributed by atoms with Gasteiger partial charge in [-0.1, -0.05) is 59.2 Å². The van der Waals surface area contributed by atoms with Gasteiger partial charge in [0.25, 0.3) is 0 Å². The highest BCUT2D eigenvalue weighted by Gasteiger charge is 2.42. The summed E-state index contributed by atoms with van der Waals surface area (Å²) in [4.78, 5) is 13.7. The lowest BCUT2D eigenvalue weighted by Gasteiger charge is -2.23. The smallest absolute Gasteiger partial charge is 0.171 e. The molecular formula is C27H28O. The zero-order valence-corrected chi connectivity index (χ0v) is 17.7. The van der Waals surface area contributed by atoms with Crippen LogP contribution in [0.25, 0.3) is 0 Å². The zero-order chi connectivity index (χ0) is 20.2. The molecule has 0 saturated carbocycles. The Morgan fingerprint density at radius 3 is 1.86 bits per heavy atom. The molecule has 0 radical (unpaired) electrons.